The zero-order valence-electron chi connectivity index (χ0n) is 11.3. The van der Waals surface area contributed by atoms with Crippen molar-refractivity contribution in [3.8, 4) is 22.6 Å². The number of nitrogens with zero attached hydrogens (tertiary/aromatic N) is 1. The third kappa shape index (κ3) is 2.84. The van der Waals surface area contributed by atoms with E-state index < -0.39 is 0 Å². The van der Waals surface area contributed by atoms with Crippen LogP contribution in [0.25, 0.3) is 22.6 Å². The number of hydrogen-bond donors (Lipinski definition) is 1. The Balaban J connectivity index is 2.08. The summed E-state index contributed by atoms with van der Waals surface area (Å²) >= 11 is 0. The van der Waals surface area contributed by atoms with E-state index in [-0.39, 0.29) is 6.54 Å². The van der Waals surface area contributed by atoms with Gasteiger partial charge in [-0.2, -0.15) is 0 Å². The molecule has 2 aromatic carbocycles. The molecule has 4 heteroatoms. The van der Waals surface area contributed by atoms with Gasteiger partial charge in [0.25, 0.3) is 0 Å². The molecule has 1 N–H and O–H groups in total. The van der Waals surface area contributed by atoms with Crippen LogP contribution < -0.4 is 5.32 Å². The topological polar surface area (TPSA) is 55.1 Å². The van der Waals surface area contributed by atoms with Crippen LogP contribution in [0, 0.1) is 0 Å². The Hall–Kier alpha value is -2.88. The first-order valence-electron chi connectivity index (χ1n) is 6.66. The van der Waals surface area contributed by atoms with Crippen LogP contribution in [0.1, 0.15) is 5.89 Å². The molecule has 0 spiro atoms. The molecule has 1 heterocycles. The van der Waals surface area contributed by atoms with Crippen molar-refractivity contribution in [2.24, 2.45) is 0 Å². The lowest BCUT2D eigenvalue weighted by molar-refractivity contribution is -0.109. The lowest BCUT2D eigenvalue weighted by Gasteiger charge is -2.00. The van der Waals surface area contributed by atoms with E-state index in [1.54, 1.807) is 0 Å². The van der Waals surface area contributed by atoms with Gasteiger partial charge in [-0.1, -0.05) is 60.7 Å². The average molecular weight is 278 g/mol. The summed E-state index contributed by atoms with van der Waals surface area (Å²) in [5.41, 5.74) is 2.73. The number of oxazole rings is 1. The van der Waals surface area contributed by atoms with Crippen molar-refractivity contribution in [2.45, 2.75) is 6.54 Å². The van der Waals surface area contributed by atoms with Gasteiger partial charge in [-0.3, -0.25) is 4.79 Å². The van der Waals surface area contributed by atoms with E-state index >= 15 is 0 Å². The summed E-state index contributed by atoms with van der Waals surface area (Å²) in [5, 5.41) is 2.57. The number of hydrogen-bond acceptors (Lipinski definition) is 3. The van der Waals surface area contributed by atoms with E-state index in [2.05, 4.69) is 10.3 Å². The van der Waals surface area contributed by atoms with Gasteiger partial charge in [-0.05, 0) is 0 Å². The standard InChI is InChI=1S/C17H14N2O2/c20-12-18-11-15-19-16(13-7-3-1-4-8-13)17(21-15)14-9-5-2-6-10-14/h1-10,12H,11H2,(H,18,20). The molecular formula is C17H14N2O2. The van der Waals surface area contributed by atoms with Gasteiger partial charge in [0.1, 0.15) is 5.69 Å². The summed E-state index contributed by atoms with van der Waals surface area (Å²) in [5.74, 6) is 1.20. The molecule has 0 atom stereocenters. The third-order valence-electron chi connectivity index (χ3n) is 3.09. The monoisotopic (exact) mass is 278 g/mol. The van der Waals surface area contributed by atoms with Crippen molar-refractivity contribution in [2.75, 3.05) is 0 Å². The summed E-state index contributed by atoms with van der Waals surface area (Å²) in [6.45, 7) is 0.274. The van der Waals surface area contributed by atoms with Crippen molar-refractivity contribution < 1.29 is 9.21 Å². The molecule has 0 aliphatic carbocycles. The molecule has 21 heavy (non-hydrogen) atoms. The van der Waals surface area contributed by atoms with Crippen molar-refractivity contribution in [3.05, 3.63) is 66.6 Å². The molecule has 0 radical (unpaired) electrons. The van der Waals surface area contributed by atoms with Gasteiger partial charge in [0.2, 0.25) is 12.3 Å². The highest BCUT2D eigenvalue weighted by Crippen LogP contribution is 2.32. The molecule has 0 aliphatic rings. The normalized spacial score (nSPS) is 10.3. The summed E-state index contributed by atoms with van der Waals surface area (Å²) < 4.78 is 5.82. The molecule has 0 bridgehead atoms. The van der Waals surface area contributed by atoms with Gasteiger partial charge < -0.3 is 9.73 Å². The number of aromatic nitrogens is 1. The van der Waals surface area contributed by atoms with Gasteiger partial charge in [0.15, 0.2) is 5.76 Å². The van der Waals surface area contributed by atoms with Crippen molar-refractivity contribution in [1.82, 2.24) is 10.3 Å². The second-order valence-corrected chi connectivity index (χ2v) is 4.52. The Bertz CT molecular complexity index is 664. The van der Waals surface area contributed by atoms with Crippen molar-refractivity contribution >= 4 is 6.41 Å². The highest BCUT2D eigenvalue weighted by Gasteiger charge is 2.16. The minimum Gasteiger partial charge on any atom is -0.438 e. The van der Waals surface area contributed by atoms with E-state index in [1.165, 1.54) is 0 Å². The van der Waals surface area contributed by atoms with E-state index in [4.69, 9.17) is 4.42 Å². The molecule has 104 valence electrons. The van der Waals surface area contributed by atoms with Crippen molar-refractivity contribution in [3.63, 3.8) is 0 Å². The van der Waals surface area contributed by atoms with Gasteiger partial charge in [0, 0.05) is 11.1 Å². The Labute approximate surface area is 122 Å². The van der Waals surface area contributed by atoms with E-state index in [9.17, 15) is 4.79 Å². The zero-order chi connectivity index (χ0) is 14.5. The van der Waals surface area contributed by atoms with Crippen LogP contribution in [0.3, 0.4) is 0 Å². The predicted octanol–water partition coefficient (Wildman–Crippen LogP) is 3.25. The molecule has 1 aromatic heterocycles. The smallest absolute Gasteiger partial charge is 0.214 e. The number of amides is 1. The quantitative estimate of drug-likeness (QED) is 0.729. The zero-order valence-corrected chi connectivity index (χ0v) is 11.3. The van der Waals surface area contributed by atoms with Crippen LogP contribution in [0.2, 0.25) is 0 Å². The number of carbonyl (C=O) groups is 1. The maximum atomic E-state index is 10.4. The minimum absolute atomic E-state index is 0.274. The lowest BCUT2D eigenvalue weighted by Crippen LogP contribution is -2.09. The van der Waals surface area contributed by atoms with E-state index in [1.807, 2.05) is 60.7 Å². The first-order chi connectivity index (χ1) is 10.4. The fraction of sp³-hybridized carbons (Fsp3) is 0.0588. The number of rotatable bonds is 5. The van der Waals surface area contributed by atoms with Crippen LogP contribution in [-0.4, -0.2) is 11.4 Å². The fourth-order valence-electron chi connectivity index (χ4n) is 2.15. The predicted molar refractivity (Wildman–Crippen MR) is 80.3 cm³/mol. The van der Waals surface area contributed by atoms with Crippen LogP contribution in [0.4, 0.5) is 0 Å². The minimum atomic E-state index is 0.274. The summed E-state index contributed by atoms with van der Waals surface area (Å²) in [6.07, 6.45) is 0.634. The van der Waals surface area contributed by atoms with Gasteiger partial charge in [-0.25, -0.2) is 4.98 Å². The van der Waals surface area contributed by atoms with Crippen LogP contribution >= 0.6 is 0 Å². The third-order valence-corrected chi connectivity index (χ3v) is 3.09. The largest absolute Gasteiger partial charge is 0.438 e. The molecule has 3 aromatic rings. The second kappa shape index (κ2) is 6.05. The molecule has 1 amide bonds. The van der Waals surface area contributed by atoms with E-state index in [0.29, 0.717) is 18.1 Å². The summed E-state index contributed by atoms with van der Waals surface area (Å²) in [7, 11) is 0. The van der Waals surface area contributed by atoms with Gasteiger partial charge in [-0.15, -0.1) is 0 Å². The molecule has 0 fully saturated rings. The first kappa shape index (κ1) is 13.1. The Kier molecular flexibility index (Phi) is 3.78. The summed E-state index contributed by atoms with van der Waals surface area (Å²) in [6, 6.07) is 19.7. The van der Waals surface area contributed by atoms with Gasteiger partial charge >= 0.3 is 0 Å². The highest BCUT2D eigenvalue weighted by atomic mass is 16.4. The van der Waals surface area contributed by atoms with Crippen molar-refractivity contribution in [1.29, 1.82) is 0 Å². The van der Waals surface area contributed by atoms with Crippen LogP contribution in [-0.2, 0) is 11.3 Å². The molecule has 4 nitrogen and oxygen atoms in total. The number of carbonyl (C=O) groups excluding carboxylic acids is 1. The molecule has 0 saturated carbocycles. The maximum absolute atomic E-state index is 10.4. The fourth-order valence-corrected chi connectivity index (χ4v) is 2.15. The Morgan fingerprint density at radius 1 is 0.952 bits per heavy atom. The molecular weight excluding hydrogens is 264 g/mol. The Morgan fingerprint density at radius 2 is 1.57 bits per heavy atom. The van der Waals surface area contributed by atoms with Crippen LogP contribution in [0.5, 0.6) is 0 Å². The SMILES string of the molecule is O=CNCc1nc(-c2ccccc2)c(-c2ccccc2)o1. The highest BCUT2D eigenvalue weighted by molar-refractivity contribution is 5.76. The molecule has 0 aliphatic heterocycles. The Morgan fingerprint density at radius 3 is 2.19 bits per heavy atom. The maximum Gasteiger partial charge on any atom is 0.214 e. The van der Waals surface area contributed by atoms with Gasteiger partial charge in [0.05, 0.1) is 6.54 Å². The average Bonchev–Trinajstić information content (AvgIpc) is 2.99. The number of nitrogens with one attached hydrogen (secondary N) is 1. The first-order valence-corrected chi connectivity index (χ1v) is 6.66. The number of benzene rings is 2. The van der Waals surface area contributed by atoms with Crippen LogP contribution in [0.15, 0.2) is 65.1 Å². The molecule has 0 saturated heterocycles. The summed E-state index contributed by atoms with van der Waals surface area (Å²) in [4.78, 5) is 14.9. The van der Waals surface area contributed by atoms with E-state index in [0.717, 1.165) is 16.8 Å². The molecule has 3 rings (SSSR count). The second-order valence-electron chi connectivity index (χ2n) is 4.52. The lowest BCUT2D eigenvalue weighted by atomic mass is 10.1. The molecule has 0 unspecified atom stereocenters.